The van der Waals surface area contributed by atoms with Crippen LogP contribution in [0.4, 0.5) is 11.8 Å². The van der Waals surface area contributed by atoms with E-state index in [9.17, 15) is 4.79 Å². The van der Waals surface area contributed by atoms with E-state index in [1.165, 1.54) is 6.42 Å². The summed E-state index contributed by atoms with van der Waals surface area (Å²) in [6.07, 6.45) is 6.33. The number of hydrogen-bond donors (Lipinski definition) is 2. The maximum atomic E-state index is 13.2. The van der Waals surface area contributed by atoms with Gasteiger partial charge in [0.15, 0.2) is 0 Å². The van der Waals surface area contributed by atoms with Crippen LogP contribution in [0.25, 0.3) is 0 Å². The average Bonchev–Trinajstić information content (AvgIpc) is 3.06. The Kier molecular flexibility index (Phi) is 4.74. The third kappa shape index (κ3) is 3.29. The molecular weight excluding hydrogens is 316 g/mol. The zero-order chi connectivity index (χ0) is 17.2. The first-order valence-corrected chi connectivity index (χ1v) is 9.63. The van der Waals surface area contributed by atoms with Crippen LogP contribution in [0.3, 0.4) is 0 Å². The largest absolute Gasteiger partial charge is 0.354 e. The minimum atomic E-state index is 0.103. The molecule has 7 heteroatoms. The molecule has 25 heavy (non-hydrogen) atoms. The molecule has 136 valence electrons. The van der Waals surface area contributed by atoms with E-state index in [0.29, 0.717) is 23.5 Å². The van der Waals surface area contributed by atoms with Gasteiger partial charge in [0, 0.05) is 38.4 Å². The standard InChI is InChI=1S/C18H28N6O/c1-2-20-18-21-10-15-16(22-18)24-9-3-4-14(24)12-23(17(15)25)11-13-5-7-19-8-6-13/h10,13-14,19H,2-9,11-12H2,1H3,(H,20,21,22)/t14-/m0/s1. The molecule has 1 atom stereocenters. The number of nitrogens with zero attached hydrogens (tertiary/aromatic N) is 4. The molecule has 0 aromatic carbocycles. The van der Waals surface area contributed by atoms with Crippen molar-refractivity contribution in [3.05, 3.63) is 11.8 Å². The molecule has 4 heterocycles. The van der Waals surface area contributed by atoms with E-state index in [1.807, 2.05) is 6.92 Å². The molecule has 2 fully saturated rings. The maximum absolute atomic E-state index is 13.2. The number of fused-ring (bicyclic) bond motifs is 3. The van der Waals surface area contributed by atoms with Gasteiger partial charge < -0.3 is 20.4 Å². The van der Waals surface area contributed by atoms with Crippen molar-refractivity contribution >= 4 is 17.7 Å². The van der Waals surface area contributed by atoms with E-state index in [1.54, 1.807) is 6.20 Å². The summed E-state index contributed by atoms with van der Waals surface area (Å²) in [5, 5.41) is 6.58. The van der Waals surface area contributed by atoms with Crippen LogP contribution in [0.5, 0.6) is 0 Å². The molecule has 3 aliphatic heterocycles. The lowest BCUT2D eigenvalue weighted by Gasteiger charge is -2.31. The predicted octanol–water partition coefficient (Wildman–Crippen LogP) is 1.33. The molecule has 1 amide bonds. The van der Waals surface area contributed by atoms with Crippen LogP contribution in [-0.4, -0.2) is 66.1 Å². The van der Waals surface area contributed by atoms with Crippen molar-refractivity contribution in [2.75, 3.05) is 49.5 Å². The molecular formula is C18H28N6O. The third-order valence-electron chi connectivity index (χ3n) is 5.64. The molecule has 1 aromatic rings. The molecule has 3 aliphatic rings. The minimum absolute atomic E-state index is 0.103. The van der Waals surface area contributed by atoms with Gasteiger partial charge in [0.2, 0.25) is 5.95 Å². The van der Waals surface area contributed by atoms with E-state index in [0.717, 1.165) is 64.3 Å². The van der Waals surface area contributed by atoms with E-state index in [2.05, 4.69) is 30.4 Å². The monoisotopic (exact) mass is 344 g/mol. The van der Waals surface area contributed by atoms with Crippen molar-refractivity contribution in [1.82, 2.24) is 20.2 Å². The van der Waals surface area contributed by atoms with Crippen molar-refractivity contribution in [1.29, 1.82) is 0 Å². The highest BCUT2D eigenvalue weighted by atomic mass is 16.2. The molecule has 0 spiro atoms. The predicted molar refractivity (Wildman–Crippen MR) is 98.1 cm³/mol. The fourth-order valence-corrected chi connectivity index (χ4v) is 4.33. The number of nitrogens with one attached hydrogen (secondary N) is 2. The van der Waals surface area contributed by atoms with Crippen molar-refractivity contribution in [2.45, 2.75) is 38.6 Å². The highest BCUT2D eigenvalue weighted by Gasteiger charge is 2.37. The highest BCUT2D eigenvalue weighted by Crippen LogP contribution is 2.32. The van der Waals surface area contributed by atoms with Gasteiger partial charge in [-0.3, -0.25) is 4.79 Å². The van der Waals surface area contributed by atoms with Gasteiger partial charge in [-0.15, -0.1) is 0 Å². The lowest BCUT2D eigenvalue weighted by molar-refractivity contribution is 0.0714. The first-order chi connectivity index (χ1) is 12.3. The van der Waals surface area contributed by atoms with Gasteiger partial charge in [0.05, 0.1) is 0 Å². The minimum Gasteiger partial charge on any atom is -0.354 e. The fourth-order valence-electron chi connectivity index (χ4n) is 4.33. The normalized spacial score (nSPS) is 24.0. The van der Waals surface area contributed by atoms with Gasteiger partial charge >= 0.3 is 0 Å². The quantitative estimate of drug-likeness (QED) is 0.859. The lowest BCUT2D eigenvalue weighted by atomic mass is 9.97. The van der Waals surface area contributed by atoms with Crippen LogP contribution >= 0.6 is 0 Å². The second kappa shape index (κ2) is 7.15. The summed E-state index contributed by atoms with van der Waals surface area (Å²) in [7, 11) is 0. The van der Waals surface area contributed by atoms with Crippen LogP contribution in [0.1, 0.15) is 43.0 Å². The SMILES string of the molecule is CCNc1ncc2c(n1)N1CCC[C@H]1CN(CC1CCNCC1)C2=O. The molecule has 0 radical (unpaired) electrons. The Morgan fingerprint density at radius 1 is 1.32 bits per heavy atom. The molecule has 2 saturated heterocycles. The first kappa shape index (κ1) is 16.6. The summed E-state index contributed by atoms with van der Waals surface area (Å²) in [6, 6.07) is 0.385. The molecule has 7 nitrogen and oxygen atoms in total. The molecule has 2 N–H and O–H groups in total. The Hall–Kier alpha value is -1.89. The summed E-state index contributed by atoms with van der Waals surface area (Å²) in [5.74, 6) is 2.15. The van der Waals surface area contributed by atoms with Crippen LogP contribution in [0.2, 0.25) is 0 Å². The summed E-state index contributed by atoms with van der Waals surface area (Å²) in [4.78, 5) is 26.6. The Bertz CT molecular complexity index is 630. The number of piperidine rings is 1. The number of aromatic nitrogens is 2. The van der Waals surface area contributed by atoms with Crippen molar-refractivity contribution in [2.24, 2.45) is 5.92 Å². The summed E-state index contributed by atoms with van der Waals surface area (Å²) >= 11 is 0. The summed E-state index contributed by atoms with van der Waals surface area (Å²) < 4.78 is 0. The van der Waals surface area contributed by atoms with Gasteiger partial charge in [0.1, 0.15) is 11.4 Å². The number of rotatable bonds is 4. The molecule has 0 bridgehead atoms. The van der Waals surface area contributed by atoms with Crippen LogP contribution in [0, 0.1) is 5.92 Å². The fraction of sp³-hybridized carbons (Fsp3) is 0.722. The van der Waals surface area contributed by atoms with Gasteiger partial charge in [0.25, 0.3) is 5.91 Å². The number of anilines is 2. The summed E-state index contributed by atoms with van der Waals surface area (Å²) in [5.41, 5.74) is 0.667. The zero-order valence-electron chi connectivity index (χ0n) is 15.0. The Balaban J connectivity index is 1.63. The first-order valence-electron chi connectivity index (χ1n) is 9.63. The van der Waals surface area contributed by atoms with E-state index in [4.69, 9.17) is 0 Å². The second-order valence-corrected chi connectivity index (χ2v) is 7.35. The maximum Gasteiger partial charge on any atom is 0.259 e. The van der Waals surface area contributed by atoms with Crippen molar-refractivity contribution < 1.29 is 4.79 Å². The molecule has 1 aromatic heterocycles. The topological polar surface area (TPSA) is 73.4 Å². The summed E-state index contributed by atoms with van der Waals surface area (Å²) in [6.45, 7) is 7.59. The van der Waals surface area contributed by atoms with Gasteiger partial charge in [-0.05, 0) is 51.6 Å². The number of carbonyl (C=O) groups excluding carboxylic acids is 1. The number of amides is 1. The van der Waals surface area contributed by atoms with Crippen molar-refractivity contribution in [3.8, 4) is 0 Å². The van der Waals surface area contributed by atoms with Gasteiger partial charge in [-0.1, -0.05) is 0 Å². The lowest BCUT2D eigenvalue weighted by Crippen LogP contribution is -2.43. The average molecular weight is 344 g/mol. The smallest absolute Gasteiger partial charge is 0.259 e. The molecule has 0 unspecified atom stereocenters. The van der Waals surface area contributed by atoms with Crippen LogP contribution < -0.4 is 15.5 Å². The highest BCUT2D eigenvalue weighted by molar-refractivity contribution is 5.99. The number of hydrogen-bond acceptors (Lipinski definition) is 6. The third-order valence-corrected chi connectivity index (χ3v) is 5.64. The van der Waals surface area contributed by atoms with Gasteiger partial charge in [-0.25, -0.2) is 4.98 Å². The zero-order valence-corrected chi connectivity index (χ0v) is 15.0. The van der Waals surface area contributed by atoms with Crippen LogP contribution in [-0.2, 0) is 0 Å². The Morgan fingerprint density at radius 3 is 2.96 bits per heavy atom. The molecule has 0 aliphatic carbocycles. The number of carbonyl (C=O) groups is 1. The molecule has 4 rings (SSSR count). The Morgan fingerprint density at radius 2 is 2.16 bits per heavy atom. The van der Waals surface area contributed by atoms with Crippen LogP contribution in [0.15, 0.2) is 6.20 Å². The van der Waals surface area contributed by atoms with E-state index in [-0.39, 0.29) is 5.91 Å². The van der Waals surface area contributed by atoms with E-state index < -0.39 is 0 Å². The van der Waals surface area contributed by atoms with Gasteiger partial charge in [-0.2, -0.15) is 4.98 Å². The second-order valence-electron chi connectivity index (χ2n) is 7.35. The molecule has 0 saturated carbocycles. The van der Waals surface area contributed by atoms with E-state index >= 15 is 0 Å². The Labute approximate surface area is 149 Å². The van der Waals surface area contributed by atoms with Crippen molar-refractivity contribution in [3.63, 3.8) is 0 Å².